The van der Waals surface area contributed by atoms with Crippen LogP contribution in [0.4, 0.5) is 4.39 Å². The van der Waals surface area contributed by atoms with E-state index in [1.165, 1.54) is 0 Å². The molecule has 0 aliphatic carbocycles. The molecule has 4 heteroatoms. The first-order valence-corrected chi connectivity index (χ1v) is 4.74. The first kappa shape index (κ1) is 10.4. The number of nitrogens with one attached hydrogen (secondary N) is 1. The van der Waals surface area contributed by atoms with Gasteiger partial charge in [0.15, 0.2) is 0 Å². The molecule has 2 atom stereocenters. The predicted octanol–water partition coefficient (Wildman–Crippen LogP) is 0.555. The van der Waals surface area contributed by atoms with E-state index >= 15 is 0 Å². The fraction of sp³-hybridized carbons (Fsp3) is 0.889. The number of likely N-dealkylation sites (tertiary alicyclic amines) is 1. The van der Waals surface area contributed by atoms with Gasteiger partial charge in [-0.2, -0.15) is 0 Å². The van der Waals surface area contributed by atoms with Crippen LogP contribution in [0, 0.1) is 0 Å². The molecule has 0 saturated carbocycles. The molecule has 0 aromatic carbocycles. The van der Waals surface area contributed by atoms with E-state index in [0.717, 1.165) is 19.4 Å². The fourth-order valence-corrected chi connectivity index (χ4v) is 1.89. The van der Waals surface area contributed by atoms with Crippen LogP contribution in [0.3, 0.4) is 0 Å². The lowest BCUT2D eigenvalue weighted by Gasteiger charge is -2.27. The Morgan fingerprint density at radius 1 is 1.77 bits per heavy atom. The number of amides is 1. The van der Waals surface area contributed by atoms with Gasteiger partial charge in [0.05, 0.1) is 6.04 Å². The SMILES string of the molecule is CNC(=O)C(C)N1CCCC1CF. The first-order valence-electron chi connectivity index (χ1n) is 4.74. The van der Waals surface area contributed by atoms with Gasteiger partial charge in [-0.3, -0.25) is 9.69 Å². The molecule has 1 N–H and O–H groups in total. The zero-order valence-corrected chi connectivity index (χ0v) is 8.22. The Bertz CT molecular complexity index is 186. The Morgan fingerprint density at radius 3 is 3.00 bits per heavy atom. The highest BCUT2D eigenvalue weighted by Crippen LogP contribution is 2.20. The second kappa shape index (κ2) is 4.56. The Balaban J connectivity index is 2.54. The molecule has 1 heterocycles. The number of carbonyl (C=O) groups is 1. The largest absolute Gasteiger partial charge is 0.358 e. The van der Waals surface area contributed by atoms with Crippen LogP contribution < -0.4 is 5.32 Å². The fourth-order valence-electron chi connectivity index (χ4n) is 1.89. The summed E-state index contributed by atoms with van der Waals surface area (Å²) >= 11 is 0. The molecule has 0 spiro atoms. The molecule has 1 saturated heterocycles. The highest BCUT2D eigenvalue weighted by molar-refractivity contribution is 5.81. The molecule has 76 valence electrons. The number of hydrogen-bond acceptors (Lipinski definition) is 2. The number of rotatable bonds is 3. The summed E-state index contributed by atoms with van der Waals surface area (Å²) in [4.78, 5) is 13.2. The molecule has 0 aromatic rings. The molecular formula is C9H17FN2O. The molecule has 2 unspecified atom stereocenters. The van der Waals surface area contributed by atoms with Crippen LogP contribution in [0.2, 0.25) is 0 Å². The maximum atomic E-state index is 12.5. The van der Waals surface area contributed by atoms with Gasteiger partial charge >= 0.3 is 0 Å². The molecule has 1 rings (SSSR count). The van der Waals surface area contributed by atoms with Crippen LogP contribution in [0.15, 0.2) is 0 Å². The van der Waals surface area contributed by atoms with Crippen molar-refractivity contribution in [3.63, 3.8) is 0 Å². The number of nitrogens with zero attached hydrogens (tertiary/aromatic N) is 1. The number of hydrogen-bond donors (Lipinski definition) is 1. The van der Waals surface area contributed by atoms with E-state index in [4.69, 9.17) is 0 Å². The quantitative estimate of drug-likeness (QED) is 0.701. The molecule has 1 aliphatic heterocycles. The van der Waals surface area contributed by atoms with Gasteiger partial charge in [0.2, 0.25) is 5.91 Å². The van der Waals surface area contributed by atoms with E-state index in [-0.39, 0.29) is 24.7 Å². The zero-order valence-electron chi connectivity index (χ0n) is 8.22. The molecule has 1 amide bonds. The van der Waals surface area contributed by atoms with Gasteiger partial charge in [-0.15, -0.1) is 0 Å². The van der Waals surface area contributed by atoms with E-state index in [2.05, 4.69) is 5.32 Å². The maximum absolute atomic E-state index is 12.5. The summed E-state index contributed by atoms with van der Waals surface area (Å²) in [5, 5.41) is 2.58. The lowest BCUT2D eigenvalue weighted by molar-refractivity contribution is -0.125. The van der Waals surface area contributed by atoms with Gasteiger partial charge in [0, 0.05) is 13.1 Å². The van der Waals surface area contributed by atoms with Crippen LogP contribution in [0.1, 0.15) is 19.8 Å². The van der Waals surface area contributed by atoms with Gasteiger partial charge in [-0.1, -0.05) is 0 Å². The van der Waals surface area contributed by atoms with Crippen molar-refractivity contribution in [2.24, 2.45) is 0 Å². The third-order valence-corrected chi connectivity index (χ3v) is 2.72. The molecular weight excluding hydrogens is 171 g/mol. The topological polar surface area (TPSA) is 32.3 Å². The van der Waals surface area contributed by atoms with Gasteiger partial charge < -0.3 is 5.32 Å². The Morgan fingerprint density at radius 2 is 2.46 bits per heavy atom. The number of carbonyl (C=O) groups excluding carboxylic acids is 1. The van der Waals surface area contributed by atoms with Gasteiger partial charge in [-0.05, 0) is 26.3 Å². The Hall–Kier alpha value is -0.640. The summed E-state index contributed by atoms with van der Waals surface area (Å²) in [5.74, 6) is -0.0275. The number of likely N-dealkylation sites (N-methyl/N-ethyl adjacent to an activating group) is 1. The summed E-state index contributed by atoms with van der Waals surface area (Å²) in [5.41, 5.74) is 0. The lowest BCUT2D eigenvalue weighted by atomic mass is 10.2. The molecule has 3 nitrogen and oxygen atoms in total. The minimum atomic E-state index is -0.346. The molecule has 0 bridgehead atoms. The van der Waals surface area contributed by atoms with Crippen molar-refractivity contribution in [3.05, 3.63) is 0 Å². The van der Waals surface area contributed by atoms with Gasteiger partial charge in [0.25, 0.3) is 0 Å². The summed E-state index contributed by atoms with van der Waals surface area (Å²) in [6.07, 6.45) is 1.87. The smallest absolute Gasteiger partial charge is 0.236 e. The van der Waals surface area contributed by atoms with Crippen LogP contribution in [0.25, 0.3) is 0 Å². The molecule has 0 aromatic heterocycles. The number of alkyl halides is 1. The Labute approximate surface area is 78.3 Å². The average molecular weight is 188 g/mol. The van der Waals surface area contributed by atoms with E-state index in [9.17, 15) is 9.18 Å². The van der Waals surface area contributed by atoms with Crippen molar-refractivity contribution in [2.45, 2.75) is 31.8 Å². The molecule has 1 aliphatic rings. The maximum Gasteiger partial charge on any atom is 0.236 e. The lowest BCUT2D eigenvalue weighted by Crippen LogP contribution is -2.46. The second-order valence-electron chi connectivity index (χ2n) is 3.48. The first-order chi connectivity index (χ1) is 6.20. The van der Waals surface area contributed by atoms with Crippen LogP contribution in [0.5, 0.6) is 0 Å². The van der Waals surface area contributed by atoms with Crippen molar-refractivity contribution >= 4 is 5.91 Å². The highest BCUT2D eigenvalue weighted by atomic mass is 19.1. The zero-order chi connectivity index (χ0) is 9.84. The molecule has 1 fully saturated rings. The minimum absolute atomic E-state index is 0.0275. The highest BCUT2D eigenvalue weighted by Gasteiger charge is 2.31. The minimum Gasteiger partial charge on any atom is -0.358 e. The van der Waals surface area contributed by atoms with Crippen molar-refractivity contribution in [1.29, 1.82) is 0 Å². The van der Waals surface area contributed by atoms with Crippen molar-refractivity contribution in [3.8, 4) is 0 Å². The van der Waals surface area contributed by atoms with E-state index in [0.29, 0.717) is 0 Å². The van der Waals surface area contributed by atoms with E-state index in [1.807, 2.05) is 11.8 Å². The van der Waals surface area contributed by atoms with Crippen LogP contribution in [-0.4, -0.2) is 43.2 Å². The summed E-state index contributed by atoms with van der Waals surface area (Å²) in [6, 6.07) is -0.249. The van der Waals surface area contributed by atoms with E-state index < -0.39 is 0 Å². The normalized spacial score (nSPS) is 25.9. The van der Waals surface area contributed by atoms with Gasteiger partial charge in [0.1, 0.15) is 6.67 Å². The average Bonchev–Trinajstić information content (AvgIpc) is 2.62. The molecule has 13 heavy (non-hydrogen) atoms. The summed E-state index contributed by atoms with van der Waals surface area (Å²) < 4.78 is 12.5. The number of halogens is 1. The van der Waals surface area contributed by atoms with Crippen molar-refractivity contribution < 1.29 is 9.18 Å². The Kier molecular flexibility index (Phi) is 3.66. The monoisotopic (exact) mass is 188 g/mol. The van der Waals surface area contributed by atoms with Gasteiger partial charge in [-0.25, -0.2) is 4.39 Å². The van der Waals surface area contributed by atoms with Crippen LogP contribution >= 0.6 is 0 Å². The van der Waals surface area contributed by atoms with E-state index in [1.54, 1.807) is 7.05 Å². The predicted molar refractivity (Wildman–Crippen MR) is 49.2 cm³/mol. The third-order valence-electron chi connectivity index (χ3n) is 2.72. The second-order valence-corrected chi connectivity index (χ2v) is 3.48. The third kappa shape index (κ3) is 2.18. The molecule has 0 radical (unpaired) electrons. The van der Waals surface area contributed by atoms with Crippen molar-refractivity contribution in [2.75, 3.05) is 20.3 Å². The van der Waals surface area contributed by atoms with Crippen molar-refractivity contribution in [1.82, 2.24) is 10.2 Å². The summed E-state index contributed by atoms with van der Waals surface area (Å²) in [6.45, 7) is 2.32. The van der Waals surface area contributed by atoms with Crippen LogP contribution in [-0.2, 0) is 4.79 Å². The standard InChI is InChI=1S/C9H17FN2O/c1-7(9(13)11-2)12-5-3-4-8(12)6-10/h7-8H,3-6H2,1-2H3,(H,11,13). The summed E-state index contributed by atoms with van der Waals surface area (Å²) in [7, 11) is 1.61.